The Kier molecular flexibility index (Phi) is 8.81. The molecule has 1 aliphatic heterocycles. The van der Waals surface area contributed by atoms with Gasteiger partial charge < -0.3 is 15.3 Å². The number of carbonyl (C=O) groups excluding carboxylic acids is 1. The van der Waals surface area contributed by atoms with E-state index in [2.05, 4.69) is 52.1 Å². The minimum atomic E-state index is -0.850. The fourth-order valence-electron chi connectivity index (χ4n) is 3.90. The summed E-state index contributed by atoms with van der Waals surface area (Å²) in [6.45, 7) is 13.5. The lowest BCUT2D eigenvalue weighted by molar-refractivity contribution is -0.137. The van der Waals surface area contributed by atoms with Gasteiger partial charge in [0.15, 0.2) is 0 Å². The lowest BCUT2D eigenvalue weighted by Gasteiger charge is -2.41. The second-order valence-corrected chi connectivity index (χ2v) is 11.1. The van der Waals surface area contributed by atoms with Gasteiger partial charge in [0.05, 0.1) is 5.54 Å². The summed E-state index contributed by atoms with van der Waals surface area (Å²) in [5, 5.41) is 12.8. The Hall–Kier alpha value is -2.01. The van der Waals surface area contributed by atoms with Crippen molar-refractivity contribution in [1.29, 1.82) is 0 Å². The van der Waals surface area contributed by atoms with Gasteiger partial charge >= 0.3 is 12.0 Å². The van der Waals surface area contributed by atoms with Gasteiger partial charge in [0.1, 0.15) is 0 Å². The highest BCUT2D eigenvalue weighted by Crippen LogP contribution is 2.38. The third kappa shape index (κ3) is 7.26. The fraction of sp³-hybridized carbons (Fsp3) is 0.615. The topological polar surface area (TPSA) is 69.6 Å². The molecule has 0 saturated carbocycles. The van der Waals surface area contributed by atoms with Crippen LogP contribution in [0.1, 0.15) is 84.8 Å². The zero-order valence-corrected chi connectivity index (χ0v) is 21.2. The molecule has 0 aromatic heterocycles. The Balaban J connectivity index is 2.32. The molecule has 1 heterocycles. The molecular formula is C26H39ClN2O3. The number of nitrogens with zero attached hydrogens (tertiary/aromatic N) is 1. The number of carbonyl (C=O) groups is 2. The molecule has 2 N–H and O–H groups in total. The summed E-state index contributed by atoms with van der Waals surface area (Å²) >= 11 is 6.68. The van der Waals surface area contributed by atoms with Crippen molar-refractivity contribution < 1.29 is 14.7 Å². The van der Waals surface area contributed by atoms with Crippen LogP contribution in [-0.2, 0) is 16.8 Å². The number of aryl methyl sites for hydroxylation is 1. The van der Waals surface area contributed by atoms with E-state index >= 15 is 0 Å². The van der Waals surface area contributed by atoms with E-state index in [4.69, 9.17) is 16.7 Å². The first-order valence-corrected chi connectivity index (χ1v) is 12.0. The molecule has 1 aliphatic rings. The summed E-state index contributed by atoms with van der Waals surface area (Å²) in [5.41, 5.74) is 2.79. The molecular weight excluding hydrogens is 424 g/mol. The Morgan fingerprint density at radius 1 is 1.25 bits per heavy atom. The third-order valence-electron chi connectivity index (χ3n) is 6.13. The van der Waals surface area contributed by atoms with Crippen molar-refractivity contribution in [3.63, 3.8) is 0 Å². The number of hydrogen-bond donors (Lipinski definition) is 2. The van der Waals surface area contributed by atoms with Gasteiger partial charge in [-0.15, -0.1) is 0 Å². The predicted molar refractivity (Wildman–Crippen MR) is 131 cm³/mol. The molecule has 2 amide bonds. The smallest absolute Gasteiger partial charge is 0.322 e. The van der Waals surface area contributed by atoms with E-state index in [0.29, 0.717) is 18.9 Å². The fourth-order valence-corrected chi connectivity index (χ4v) is 4.17. The Morgan fingerprint density at radius 2 is 1.94 bits per heavy atom. The van der Waals surface area contributed by atoms with E-state index < -0.39 is 11.5 Å². The van der Waals surface area contributed by atoms with E-state index in [1.165, 1.54) is 0 Å². The normalized spacial score (nSPS) is 19.2. The molecule has 6 heteroatoms. The van der Waals surface area contributed by atoms with Gasteiger partial charge in [0, 0.05) is 24.2 Å². The molecule has 0 fully saturated rings. The minimum absolute atomic E-state index is 0.0435. The van der Waals surface area contributed by atoms with Crippen LogP contribution in [0.4, 0.5) is 4.79 Å². The summed E-state index contributed by atoms with van der Waals surface area (Å²) in [5.74, 6) is -0.320. The lowest BCUT2D eigenvalue weighted by atomic mass is 9.80. The zero-order valence-electron chi connectivity index (χ0n) is 20.4. The molecule has 0 aliphatic carbocycles. The average Bonchev–Trinajstić information content (AvgIpc) is 2.66. The number of rotatable bonds is 10. The maximum absolute atomic E-state index is 12.9. The van der Waals surface area contributed by atoms with Gasteiger partial charge in [0.2, 0.25) is 0 Å². The van der Waals surface area contributed by atoms with E-state index in [1.807, 2.05) is 19.2 Å². The third-order valence-corrected chi connectivity index (χ3v) is 6.48. The van der Waals surface area contributed by atoms with Crippen molar-refractivity contribution in [2.24, 2.45) is 11.3 Å². The second-order valence-electron chi connectivity index (χ2n) is 10.7. The van der Waals surface area contributed by atoms with Gasteiger partial charge in [-0.05, 0) is 73.1 Å². The van der Waals surface area contributed by atoms with Gasteiger partial charge in [-0.2, -0.15) is 0 Å². The quantitative estimate of drug-likeness (QED) is 0.404. The Bertz CT molecular complexity index is 857. The van der Waals surface area contributed by atoms with Gasteiger partial charge in [-0.25, -0.2) is 4.79 Å². The number of halogens is 1. The molecule has 0 spiro atoms. The number of nitrogens with one attached hydrogen (secondary N) is 1. The van der Waals surface area contributed by atoms with Crippen LogP contribution in [0.15, 0.2) is 30.0 Å². The van der Waals surface area contributed by atoms with Crippen LogP contribution < -0.4 is 5.32 Å². The molecule has 0 saturated heterocycles. The maximum atomic E-state index is 12.9. The highest BCUT2D eigenvalue weighted by atomic mass is 35.5. The van der Waals surface area contributed by atoms with E-state index in [0.717, 1.165) is 47.4 Å². The Labute approximate surface area is 198 Å². The molecule has 1 atom stereocenters. The van der Waals surface area contributed by atoms with Crippen LogP contribution in [0.2, 0.25) is 5.02 Å². The van der Waals surface area contributed by atoms with Crippen molar-refractivity contribution in [2.75, 3.05) is 6.54 Å². The number of amides is 2. The highest BCUT2D eigenvalue weighted by molar-refractivity contribution is 6.31. The summed E-state index contributed by atoms with van der Waals surface area (Å²) in [6, 6.07) is 5.94. The average molecular weight is 463 g/mol. The first-order chi connectivity index (χ1) is 14.8. The molecule has 0 radical (unpaired) electrons. The maximum Gasteiger partial charge on any atom is 0.322 e. The SMILES string of the molecule is CC(C)CCC1=CN(CCCC(=O)O)C(=O)N[C@@]1(C)c1ccc(CCC(C)(C)C)c(Cl)c1. The molecule has 32 heavy (non-hydrogen) atoms. The van der Waals surface area contributed by atoms with Crippen LogP contribution in [0.3, 0.4) is 0 Å². The number of aliphatic carboxylic acids is 1. The summed E-state index contributed by atoms with van der Waals surface area (Å²) < 4.78 is 0. The predicted octanol–water partition coefficient (Wildman–Crippen LogP) is 6.74. The van der Waals surface area contributed by atoms with Gasteiger partial charge in [0.25, 0.3) is 0 Å². The van der Waals surface area contributed by atoms with E-state index in [9.17, 15) is 9.59 Å². The van der Waals surface area contributed by atoms with Crippen molar-refractivity contribution in [2.45, 2.75) is 85.6 Å². The molecule has 0 bridgehead atoms. The molecule has 1 aromatic carbocycles. The zero-order chi connectivity index (χ0) is 24.1. The molecule has 1 aromatic rings. The van der Waals surface area contributed by atoms with Gasteiger partial charge in [-0.3, -0.25) is 4.79 Å². The first-order valence-electron chi connectivity index (χ1n) is 11.6. The number of urea groups is 1. The Morgan fingerprint density at radius 3 is 2.50 bits per heavy atom. The molecule has 5 nitrogen and oxygen atoms in total. The minimum Gasteiger partial charge on any atom is -0.481 e. The number of carboxylic acids is 1. The monoisotopic (exact) mass is 462 g/mol. The lowest BCUT2D eigenvalue weighted by Crippen LogP contribution is -2.54. The van der Waals surface area contributed by atoms with Crippen molar-refractivity contribution in [3.05, 3.63) is 46.1 Å². The van der Waals surface area contributed by atoms with Crippen LogP contribution in [-0.4, -0.2) is 28.6 Å². The summed E-state index contributed by atoms with van der Waals surface area (Å²) in [4.78, 5) is 25.4. The van der Waals surface area contributed by atoms with Crippen molar-refractivity contribution in [3.8, 4) is 0 Å². The molecule has 0 unspecified atom stereocenters. The first kappa shape index (κ1) is 26.2. The summed E-state index contributed by atoms with van der Waals surface area (Å²) in [6.07, 6.45) is 6.18. The molecule has 2 rings (SSSR count). The van der Waals surface area contributed by atoms with Crippen LogP contribution in [0.5, 0.6) is 0 Å². The van der Waals surface area contributed by atoms with Crippen LogP contribution in [0.25, 0.3) is 0 Å². The highest BCUT2D eigenvalue weighted by Gasteiger charge is 2.38. The number of carboxylic acid groups (broad SMARTS) is 1. The van der Waals surface area contributed by atoms with Crippen LogP contribution >= 0.6 is 11.6 Å². The van der Waals surface area contributed by atoms with E-state index in [1.54, 1.807) is 4.90 Å². The van der Waals surface area contributed by atoms with Crippen molar-refractivity contribution >= 4 is 23.6 Å². The van der Waals surface area contributed by atoms with Gasteiger partial charge in [-0.1, -0.05) is 58.4 Å². The molecule has 178 valence electrons. The van der Waals surface area contributed by atoms with E-state index in [-0.39, 0.29) is 17.9 Å². The standard InChI is InChI=1S/C26H39ClN2O3/c1-18(2)9-11-21-17-29(15-7-8-23(30)31)24(32)28-26(21,6)20-12-10-19(22(27)16-20)13-14-25(3,4)5/h10,12,16-18H,7-9,11,13-15H2,1-6H3,(H,28,32)(H,30,31)/t26-/m0/s1. The van der Waals surface area contributed by atoms with Crippen molar-refractivity contribution in [1.82, 2.24) is 10.2 Å². The summed E-state index contributed by atoms with van der Waals surface area (Å²) in [7, 11) is 0. The number of benzene rings is 1. The second kappa shape index (κ2) is 10.7. The van der Waals surface area contributed by atoms with Crippen LogP contribution in [0, 0.1) is 11.3 Å². The largest absolute Gasteiger partial charge is 0.481 e. The number of hydrogen-bond acceptors (Lipinski definition) is 2.